The van der Waals surface area contributed by atoms with Crippen LogP contribution in [-0.2, 0) is 17.1 Å². The SMILES string of the molecule is ClC1=CC(=C2C=CC=C2)[N-]C(Cl)=N1.[Fe+2].c1cc[cH-]c1. The van der Waals surface area contributed by atoms with Crippen LogP contribution in [0.1, 0.15) is 0 Å². The molecule has 98 valence electrons. The first-order chi connectivity index (χ1) is 8.75. The average Bonchev–Trinajstić information content (AvgIpc) is 3.05. The fraction of sp³-hybridized carbons (Fsp3) is 0. The molecule has 2 aliphatic rings. The van der Waals surface area contributed by atoms with Gasteiger partial charge in [0.2, 0.25) is 0 Å². The zero-order valence-electron chi connectivity index (χ0n) is 9.78. The van der Waals surface area contributed by atoms with Crippen molar-refractivity contribution >= 4 is 28.5 Å². The van der Waals surface area contributed by atoms with E-state index in [1.807, 2.05) is 54.6 Å². The maximum absolute atomic E-state index is 5.73. The Hall–Kier alpha value is -1.12. The summed E-state index contributed by atoms with van der Waals surface area (Å²) in [6, 6.07) is 10.0. The van der Waals surface area contributed by atoms with Crippen molar-refractivity contribution in [2.45, 2.75) is 0 Å². The fourth-order valence-corrected chi connectivity index (χ4v) is 1.81. The summed E-state index contributed by atoms with van der Waals surface area (Å²) in [5, 5.41) is 4.57. The summed E-state index contributed by atoms with van der Waals surface area (Å²) >= 11 is 11.4. The van der Waals surface area contributed by atoms with Crippen LogP contribution in [0.2, 0.25) is 0 Å². The van der Waals surface area contributed by atoms with Crippen LogP contribution in [0.15, 0.2) is 82.1 Å². The third-order valence-electron chi connectivity index (χ3n) is 2.18. The number of hydrogen-bond acceptors (Lipinski definition) is 1. The minimum absolute atomic E-state index is 0. The first-order valence-electron chi connectivity index (χ1n) is 5.34. The van der Waals surface area contributed by atoms with Gasteiger partial charge < -0.3 is 10.3 Å². The molecule has 0 saturated carbocycles. The summed E-state index contributed by atoms with van der Waals surface area (Å²) in [7, 11) is 0. The molecule has 2 nitrogen and oxygen atoms in total. The number of amidine groups is 1. The van der Waals surface area contributed by atoms with Gasteiger partial charge in [-0.3, -0.25) is 0 Å². The number of rotatable bonds is 0. The van der Waals surface area contributed by atoms with E-state index >= 15 is 0 Å². The molecule has 0 unspecified atom stereocenters. The molecule has 3 rings (SSSR count). The minimum Gasteiger partial charge on any atom is -0.426 e. The molecule has 0 atom stereocenters. The summed E-state index contributed by atoms with van der Waals surface area (Å²) in [6.45, 7) is 0. The van der Waals surface area contributed by atoms with E-state index in [-0.39, 0.29) is 22.4 Å². The van der Waals surface area contributed by atoms with Crippen molar-refractivity contribution in [2.75, 3.05) is 0 Å². The van der Waals surface area contributed by atoms with Gasteiger partial charge in [0.05, 0.1) is 0 Å². The van der Waals surface area contributed by atoms with Crippen LogP contribution in [0.3, 0.4) is 0 Å². The molecule has 0 spiro atoms. The van der Waals surface area contributed by atoms with Gasteiger partial charge in [-0.1, -0.05) is 47.5 Å². The van der Waals surface area contributed by atoms with Gasteiger partial charge >= 0.3 is 17.1 Å². The van der Waals surface area contributed by atoms with Gasteiger partial charge in [-0.15, -0.1) is 0 Å². The second kappa shape index (κ2) is 8.13. The molecule has 0 saturated heterocycles. The zero-order chi connectivity index (χ0) is 12.8. The first kappa shape index (κ1) is 15.9. The third kappa shape index (κ3) is 5.17. The third-order valence-corrected chi connectivity index (χ3v) is 2.54. The van der Waals surface area contributed by atoms with Gasteiger partial charge in [0.25, 0.3) is 0 Å². The summed E-state index contributed by atoms with van der Waals surface area (Å²) in [4.78, 5) is 3.76. The van der Waals surface area contributed by atoms with Crippen molar-refractivity contribution < 1.29 is 17.1 Å². The monoisotopic (exact) mass is 332 g/mol. The Morgan fingerprint density at radius 2 is 1.68 bits per heavy atom. The van der Waals surface area contributed by atoms with Crippen molar-refractivity contribution in [3.05, 3.63) is 82.5 Å². The molecule has 19 heavy (non-hydrogen) atoms. The molecular formula is C14H10Cl2FeN2. The molecule has 0 radical (unpaired) electrons. The van der Waals surface area contributed by atoms with E-state index in [4.69, 9.17) is 23.2 Å². The molecule has 1 aliphatic carbocycles. The molecule has 0 bridgehead atoms. The van der Waals surface area contributed by atoms with E-state index in [1.165, 1.54) is 0 Å². The summed E-state index contributed by atoms with van der Waals surface area (Å²) in [5.74, 6) is 0. The second-order valence-electron chi connectivity index (χ2n) is 3.48. The van der Waals surface area contributed by atoms with Gasteiger partial charge in [-0.05, 0) is 17.3 Å². The number of hydrogen-bond donors (Lipinski definition) is 0. The van der Waals surface area contributed by atoms with Gasteiger partial charge in [-0.2, -0.15) is 18.2 Å². The predicted molar refractivity (Wildman–Crippen MR) is 77.9 cm³/mol. The Labute approximate surface area is 133 Å². The maximum Gasteiger partial charge on any atom is 2.00 e. The molecule has 1 heterocycles. The molecule has 0 N–H and O–H groups in total. The standard InChI is InChI=1S/C9H5Cl2N2.C5H5.Fe/c10-8-5-7(12-9(11)13-8)6-3-1-2-4-6;1-2-4-5-3-1;/h1-5H;1-5H;/q2*-1;+2. The molecule has 0 amide bonds. The predicted octanol–water partition coefficient (Wildman–Crippen LogP) is 4.83. The number of aliphatic imine (C=N–C) groups is 1. The van der Waals surface area contributed by atoms with Crippen LogP contribution in [-0.4, -0.2) is 5.29 Å². The van der Waals surface area contributed by atoms with Gasteiger partial charge in [0, 0.05) is 10.5 Å². The Morgan fingerprint density at radius 1 is 1.05 bits per heavy atom. The zero-order valence-corrected chi connectivity index (χ0v) is 12.4. The Morgan fingerprint density at radius 3 is 2.16 bits per heavy atom. The summed E-state index contributed by atoms with van der Waals surface area (Å²) in [6.07, 6.45) is 9.42. The van der Waals surface area contributed by atoms with E-state index in [9.17, 15) is 0 Å². The van der Waals surface area contributed by atoms with Crippen LogP contribution >= 0.6 is 23.2 Å². The minimum atomic E-state index is 0. The second-order valence-corrected chi connectivity index (χ2v) is 4.21. The molecule has 1 aromatic carbocycles. The van der Waals surface area contributed by atoms with Crippen LogP contribution in [0.25, 0.3) is 5.32 Å². The fourth-order valence-electron chi connectivity index (χ4n) is 1.40. The van der Waals surface area contributed by atoms with Crippen LogP contribution in [0, 0.1) is 0 Å². The van der Waals surface area contributed by atoms with E-state index in [0.717, 1.165) is 11.3 Å². The summed E-state index contributed by atoms with van der Waals surface area (Å²) in [5.41, 5.74) is 1.74. The summed E-state index contributed by atoms with van der Waals surface area (Å²) < 4.78 is 0. The van der Waals surface area contributed by atoms with Gasteiger partial charge in [-0.25, -0.2) is 12.1 Å². The van der Waals surface area contributed by atoms with Crippen molar-refractivity contribution in [3.8, 4) is 0 Å². The molecule has 5 heteroatoms. The average molecular weight is 333 g/mol. The van der Waals surface area contributed by atoms with Gasteiger partial charge in [0.1, 0.15) is 0 Å². The molecular weight excluding hydrogens is 323 g/mol. The van der Waals surface area contributed by atoms with Crippen LogP contribution < -0.4 is 0 Å². The molecule has 1 aromatic rings. The smallest absolute Gasteiger partial charge is 0.426 e. The van der Waals surface area contributed by atoms with E-state index in [0.29, 0.717) is 5.16 Å². The van der Waals surface area contributed by atoms with E-state index < -0.39 is 0 Å². The van der Waals surface area contributed by atoms with Crippen molar-refractivity contribution in [3.63, 3.8) is 0 Å². The number of nitrogens with zero attached hydrogens (tertiary/aromatic N) is 2. The van der Waals surface area contributed by atoms with Crippen molar-refractivity contribution in [1.29, 1.82) is 0 Å². The normalized spacial score (nSPS) is 15.9. The molecule has 0 aromatic heterocycles. The number of halogens is 2. The van der Waals surface area contributed by atoms with Crippen LogP contribution in [0.4, 0.5) is 0 Å². The van der Waals surface area contributed by atoms with E-state index in [2.05, 4.69) is 10.3 Å². The Kier molecular flexibility index (Phi) is 6.82. The maximum atomic E-state index is 5.73. The quantitative estimate of drug-likeness (QED) is 0.369. The van der Waals surface area contributed by atoms with Crippen molar-refractivity contribution in [1.82, 2.24) is 0 Å². The van der Waals surface area contributed by atoms with E-state index in [1.54, 1.807) is 6.08 Å². The molecule has 0 fully saturated rings. The molecule has 1 aliphatic heterocycles. The number of allylic oxidation sites excluding steroid dienone is 6. The topological polar surface area (TPSA) is 26.5 Å². The van der Waals surface area contributed by atoms with Gasteiger partial charge in [0.15, 0.2) is 0 Å². The van der Waals surface area contributed by atoms with Crippen LogP contribution in [0.5, 0.6) is 0 Å². The van der Waals surface area contributed by atoms with Crippen molar-refractivity contribution in [2.24, 2.45) is 4.99 Å². The Balaban J connectivity index is 0.000000256. The largest absolute Gasteiger partial charge is 2.00 e. The Bertz CT molecular complexity index is 521. The first-order valence-corrected chi connectivity index (χ1v) is 6.10.